The van der Waals surface area contributed by atoms with Crippen molar-refractivity contribution in [3.8, 4) is 0 Å². The van der Waals surface area contributed by atoms with Crippen LogP contribution in [0.4, 0.5) is 4.79 Å². The normalized spacial score (nSPS) is 18.6. The molecule has 1 amide bonds. The van der Waals surface area contributed by atoms with E-state index in [1.807, 2.05) is 32.9 Å². The lowest BCUT2D eigenvalue weighted by atomic mass is 10.0. The lowest BCUT2D eigenvalue weighted by Crippen LogP contribution is -2.43. The SMILES string of the molecule is CC(C)(C)OC(=O)N1CCCC1C(=O)Cc1ccncc1. The van der Waals surface area contributed by atoms with Crippen LogP contribution in [0.1, 0.15) is 39.2 Å². The quantitative estimate of drug-likeness (QED) is 0.858. The van der Waals surface area contributed by atoms with Gasteiger partial charge < -0.3 is 4.74 Å². The Morgan fingerprint density at radius 3 is 2.62 bits per heavy atom. The number of rotatable bonds is 3. The topological polar surface area (TPSA) is 59.5 Å². The molecular formula is C16H22N2O3. The summed E-state index contributed by atoms with van der Waals surface area (Å²) >= 11 is 0. The fourth-order valence-electron chi connectivity index (χ4n) is 2.46. The van der Waals surface area contributed by atoms with E-state index < -0.39 is 11.7 Å². The van der Waals surface area contributed by atoms with Crippen molar-refractivity contribution in [2.45, 2.75) is 51.7 Å². The minimum Gasteiger partial charge on any atom is -0.444 e. The third-order valence-electron chi connectivity index (χ3n) is 3.38. The molecule has 1 atom stereocenters. The Morgan fingerprint density at radius 1 is 1.33 bits per heavy atom. The van der Waals surface area contributed by atoms with Crippen LogP contribution in [0.15, 0.2) is 24.5 Å². The molecule has 5 nitrogen and oxygen atoms in total. The van der Waals surface area contributed by atoms with E-state index in [0.717, 1.165) is 12.0 Å². The van der Waals surface area contributed by atoms with Gasteiger partial charge in [0.15, 0.2) is 5.78 Å². The van der Waals surface area contributed by atoms with Crippen molar-refractivity contribution in [2.75, 3.05) is 6.54 Å². The minimum absolute atomic E-state index is 0.0598. The van der Waals surface area contributed by atoms with Gasteiger partial charge in [0.05, 0.1) is 6.04 Å². The highest BCUT2D eigenvalue weighted by Gasteiger charge is 2.36. The summed E-state index contributed by atoms with van der Waals surface area (Å²) in [5, 5.41) is 0. The highest BCUT2D eigenvalue weighted by molar-refractivity contribution is 5.89. The second-order valence-electron chi connectivity index (χ2n) is 6.33. The fraction of sp³-hybridized carbons (Fsp3) is 0.562. The first-order chi connectivity index (χ1) is 9.87. The number of carbonyl (C=O) groups excluding carboxylic acids is 2. The van der Waals surface area contributed by atoms with E-state index in [0.29, 0.717) is 19.4 Å². The standard InChI is InChI=1S/C16H22N2O3/c1-16(2,3)21-15(20)18-10-4-5-13(18)14(19)11-12-6-8-17-9-7-12/h6-9,13H,4-5,10-11H2,1-3H3. The predicted octanol–water partition coefficient (Wildman–Crippen LogP) is 2.59. The van der Waals surface area contributed by atoms with Crippen LogP contribution in [0.25, 0.3) is 0 Å². The molecule has 1 aromatic heterocycles. The Bertz CT molecular complexity index is 508. The number of hydrogen-bond donors (Lipinski definition) is 0. The molecular weight excluding hydrogens is 268 g/mol. The smallest absolute Gasteiger partial charge is 0.410 e. The second-order valence-corrected chi connectivity index (χ2v) is 6.33. The van der Waals surface area contributed by atoms with Crippen LogP contribution in [0.2, 0.25) is 0 Å². The van der Waals surface area contributed by atoms with E-state index in [1.165, 1.54) is 0 Å². The molecule has 21 heavy (non-hydrogen) atoms. The average molecular weight is 290 g/mol. The number of aromatic nitrogens is 1. The Morgan fingerprint density at radius 2 is 2.00 bits per heavy atom. The van der Waals surface area contributed by atoms with Crippen molar-refractivity contribution >= 4 is 11.9 Å². The van der Waals surface area contributed by atoms with Crippen LogP contribution < -0.4 is 0 Å². The number of carbonyl (C=O) groups is 2. The van der Waals surface area contributed by atoms with E-state index in [-0.39, 0.29) is 11.8 Å². The largest absolute Gasteiger partial charge is 0.444 e. The molecule has 0 aliphatic carbocycles. The summed E-state index contributed by atoms with van der Waals surface area (Å²) in [5.74, 6) is 0.0598. The molecule has 1 saturated heterocycles. The third-order valence-corrected chi connectivity index (χ3v) is 3.38. The first kappa shape index (κ1) is 15.5. The molecule has 1 aliphatic rings. The lowest BCUT2D eigenvalue weighted by molar-refractivity contribution is -0.122. The molecule has 1 aromatic rings. The summed E-state index contributed by atoms with van der Waals surface area (Å²) in [6, 6.07) is 3.28. The van der Waals surface area contributed by atoms with E-state index in [2.05, 4.69) is 4.98 Å². The average Bonchev–Trinajstić information content (AvgIpc) is 2.87. The van der Waals surface area contributed by atoms with Gasteiger partial charge in [-0.2, -0.15) is 0 Å². The lowest BCUT2D eigenvalue weighted by Gasteiger charge is -2.28. The zero-order chi connectivity index (χ0) is 15.5. The van der Waals surface area contributed by atoms with Crippen molar-refractivity contribution in [3.05, 3.63) is 30.1 Å². The van der Waals surface area contributed by atoms with Gasteiger partial charge in [-0.1, -0.05) is 0 Å². The first-order valence-corrected chi connectivity index (χ1v) is 7.28. The highest BCUT2D eigenvalue weighted by Crippen LogP contribution is 2.22. The molecule has 114 valence electrons. The number of ether oxygens (including phenoxy) is 1. The molecule has 1 fully saturated rings. The van der Waals surface area contributed by atoms with Gasteiger partial charge >= 0.3 is 6.09 Å². The van der Waals surface area contributed by atoms with Gasteiger partial charge in [-0.05, 0) is 51.3 Å². The zero-order valence-electron chi connectivity index (χ0n) is 12.8. The number of likely N-dealkylation sites (tertiary alicyclic amines) is 1. The van der Waals surface area contributed by atoms with Gasteiger partial charge in [-0.3, -0.25) is 14.7 Å². The minimum atomic E-state index is -0.543. The van der Waals surface area contributed by atoms with Crippen LogP contribution in [-0.2, 0) is 16.0 Å². The number of amides is 1. The highest BCUT2D eigenvalue weighted by atomic mass is 16.6. The number of hydrogen-bond acceptors (Lipinski definition) is 4. The summed E-state index contributed by atoms with van der Waals surface area (Å²) in [5.41, 5.74) is 0.379. The van der Waals surface area contributed by atoms with Crippen molar-refractivity contribution in [3.63, 3.8) is 0 Å². The van der Waals surface area contributed by atoms with E-state index in [1.54, 1.807) is 17.3 Å². The number of nitrogens with zero attached hydrogens (tertiary/aromatic N) is 2. The maximum absolute atomic E-state index is 12.4. The van der Waals surface area contributed by atoms with Gasteiger partial charge in [0, 0.05) is 25.4 Å². The summed E-state index contributed by atoms with van der Waals surface area (Å²) in [7, 11) is 0. The van der Waals surface area contributed by atoms with Crippen molar-refractivity contribution in [1.29, 1.82) is 0 Å². The molecule has 0 saturated carbocycles. The van der Waals surface area contributed by atoms with Crippen molar-refractivity contribution in [1.82, 2.24) is 9.88 Å². The van der Waals surface area contributed by atoms with Crippen LogP contribution >= 0.6 is 0 Å². The van der Waals surface area contributed by atoms with Gasteiger partial charge in [0.2, 0.25) is 0 Å². The number of Topliss-reactive ketones (excluding diaryl/α,β-unsaturated/α-hetero) is 1. The van der Waals surface area contributed by atoms with Crippen LogP contribution in [0.3, 0.4) is 0 Å². The molecule has 1 aliphatic heterocycles. The van der Waals surface area contributed by atoms with E-state index in [4.69, 9.17) is 4.74 Å². The van der Waals surface area contributed by atoms with Gasteiger partial charge in [-0.15, -0.1) is 0 Å². The molecule has 0 radical (unpaired) electrons. The second kappa shape index (κ2) is 6.24. The Hall–Kier alpha value is -1.91. The third kappa shape index (κ3) is 4.28. The fourth-order valence-corrected chi connectivity index (χ4v) is 2.46. The monoisotopic (exact) mass is 290 g/mol. The summed E-state index contributed by atoms with van der Waals surface area (Å²) in [6.07, 6.45) is 4.82. The Labute approximate surface area is 125 Å². The maximum atomic E-state index is 12.4. The summed E-state index contributed by atoms with van der Waals surface area (Å²) < 4.78 is 5.38. The van der Waals surface area contributed by atoms with Crippen molar-refractivity contribution in [2.24, 2.45) is 0 Å². The Kier molecular flexibility index (Phi) is 4.60. The molecule has 5 heteroatoms. The van der Waals surface area contributed by atoms with Gasteiger partial charge in [0.25, 0.3) is 0 Å². The molecule has 0 bridgehead atoms. The molecule has 0 spiro atoms. The molecule has 1 unspecified atom stereocenters. The van der Waals surface area contributed by atoms with Gasteiger partial charge in [0.1, 0.15) is 5.60 Å². The first-order valence-electron chi connectivity index (χ1n) is 7.28. The summed E-state index contributed by atoms with van der Waals surface area (Å²) in [4.78, 5) is 30.1. The predicted molar refractivity (Wildman–Crippen MR) is 78.9 cm³/mol. The van der Waals surface area contributed by atoms with Crippen LogP contribution in [-0.4, -0.2) is 39.9 Å². The van der Waals surface area contributed by atoms with Crippen LogP contribution in [0.5, 0.6) is 0 Å². The molecule has 0 N–H and O–H groups in total. The molecule has 0 aromatic carbocycles. The van der Waals surface area contributed by atoms with E-state index in [9.17, 15) is 9.59 Å². The van der Waals surface area contributed by atoms with Crippen molar-refractivity contribution < 1.29 is 14.3 Å². The van der Waals surface area contributed by atoms with Gasteiger partial charge in [-0.25, -0.2) is 4.79 Å². The number of pyridine rings is 1. The Balaban J connectivity index is 2.01. The van der Waals surface area contributed by atoms with E-state index >= 15 is 0 Å². The number of ketones is 1. The van der Waals surface area contributed by atoms with Crippen LogP contribution in [0, 0.1) is 0 Å². The molecule has 2 heterocycles. The molecule has 2 rings (SSSR count). The summed E-state index contributed by atoms with van der Waals surface area (Å²) in [6.45, 7) is 6.07. The zero-order valence-corrected chi connectivity index (χ0v) is 12.8. The maximum Gasteiger partial charge on any atom is 0.410 e.